The molecule has 0 bridgehead atoms. The molecule has 0 aromatic rings. The highest BCUT2D eigenvalue weighted by molar-refractivity contribution is 5.83. The average molecular weight is 286 g/mol. The largest absolute Gasteiger partial charge is 0.479 e. The fourth-order valence-corrected chi connectivity index (χ4v) is 2.53. The van der Waals surface area contributed by atoms with Crippen molar-refractivity contribution in [1.82, 2.24) is 10.2 Å². The second kappa shape index (κ2) is 7.04. The minimum atomic E-state index is -1.93. The fraction of sp³-hybridized carbons (Fsp3) is 0.857. The first-order chi connectivity index (χ1) is 9.25. The molecular weight excluding hydrogens is 260 g/mol. The van der Waals surface area contributed by atoms with Gasteiger partial charge in [0, 0.05) is 0 Å². The molecule has 2 unspecified atom stereocenters. The van der Waals surface area contributed by atoms with E-state index < -0.39 is 11.6 Å². The van der Waals surface area contributed by atoms with Gasteiger partial charge in [0.2, 0.25) is 5.91 Å². The van der Waals surface area contributed by atoms with Gasteiger partial charge in [-0.05, 0) is 38.8 Å². The third-order valence-electron chi connectivity index (χ3n) is 3.75. The first-order valence-corrected chi connectivity index (χ1v) is 7.23. The topological polar surface area (TPSA) is 89.9 Å². The number of carbonyl (C=O) groups excluding carboxylic acids is 1. The van der Waals surface area contributed by atoms with Gasteiger partial charge in [-0.15, -0.1) is 0 Å². The van der Waals surface area contributed by atoms with E-state index >= 15 is 0 Å². The summed E-state index contributed by atoms with van der Waals surface area (Å²) in [5, 5.41) is 21.1. The van der Waals surface area contributed by atoms with Crippen LogP contribution in [0.2, 0.25) is 0 Å². The SMILES string of the molecule is CC(C)C(C(=O)NCC(C)(O)C(=O)O)N1CCCCC1. The number of aliphatic carboxylic acids is 1. The quantitative estimate of drug-likeness (QED) is 0.659. The van der Waals surface area contributed by atoms with Gasteiger partial charge in [0.25, 0.3) is 0 Å². The lowest BCUT2D eigenvalue weighted by atomic mass is 9.98. The molecule has 6 heteroatoms. The van der Waals surface area contributed by atoms with Crippen molar-refractivity contribution in [2.45, 2.75) is 51.7 Å². The Bertz CT molecular complexity index is 349. The number of likely N-dealkylation sites (tertiary alicyclic amines) is 1. The molecule has 116 valence electrons. The molecule has 2 atom stereocenters. The fourth-order valence-electron chi connectivity index (χ4n) is 2.53. The van der Waals surface area contributed by atoms with Crippen molar-refractivity contribution in [3.63, 3.8) is 0 Å². The van der Waals surface area contributed by atoms with E-state index in [-0.39, 0.29) is 24.4 Å². The molecule has 1 aliphatic heterocycles. The maximum Gasteiger partial charge on any atom is 0.337 e. The molecule has 0 aromatic carbocycles. The molecule has 0 aromatic heterocycles. The minimum absolute atomic E-state index is 0.142. The molecule has 6 nitrogen and oxygen atoms in total. The number of aliphatic hydroxyl groups is 1. The number of nitrogens with one attached hydrogen (secondary N) is 1. The van der Waals surface area contributed by atoms with Gasteiger partial charge >= 0.3 is 5.97 Å². The second-order valence-corrected chi connectivity index (χ2v) is 6.08. The van der Waals surface area contributed by atoms with Gasteiger partial charge in [-0.25, -0.2) is 4.79 Å². The summed E-state index contributed by atoms with van der Waals surface area (Å²) >= 11 is 0. The third kappa shape index (κ3) is 4.45. The van der Waals surface area contributed by atoms with E-state index in [2.05, 4.69) is 10.2 Å². The second-order valence-electron chi connectivity index (χ2n) is 6.08. The maximum absolute atomic E-state index is 12.3. The highest BCUT2D eigenvalue weighted by Gasteiger charge is 2.34. The maximum atomic E-state index is 12.3. The Kier molecular flexibility index (Phi) is 5.95. The lowest BCUT2D eigenvalue weighted by molar-refractivity contribution is -0.156. The number of piperidine rings is 1. The Morgan fingerprint density at radius 1 is 1.25 bits per heavy atom. The van der Waals surface area contributed by atoms with Gasteiger partial charge in [0.15, 0.2) is 5.60 Å². The molecule has 0 aliphatic carbocycles. The van der Waals surface area contributed by atoms with E-state index in [1.807, 2.05) is 13.8 Å². The highest BCUT2D eigenvalue weighted by Crippen LogP contribution is 2.18. The molecule has 3 N–H and O–H groups in total. The van der Waals surface area contributed by atoms with Gasteiger partial charge in [0.05, 0.1) is 12.6 Å². The van der Waals surface area contributed by atoms with E-state index in [9.17, 15) is 14.7 Å². The number of nitrogens with zero attached hydrogens (tertiary/aromatic N) is 1. The summed E-state index contributed by atoms with van der Waals surface area (Å²) in [4.78, 5) is 25.3. The number of hydrogen-bond donors (Lipinski definition) is 3. The number of hydrogen-bond acceptors (Lipinski definition) is 4. The number of amides is 1. The first-order valence-electron chi connectivity index (χ1n) is 7.23. The molecule has 1 rings (SSSR count). The third-order valence-corrected chi connectivity index (χ3v) is 3.75. The number of carboxylic acid groups (broad SMARTS) is 1. The van der Waals surface area contributed by atoms with Crippen molar-refractivity contribution >= 4 is 11.9 Å². The van der Waals surface area contributed by atoms with Crippen molar-refractivity contribution < 1.29 is 19.8 Å². The normalized spacial score (nSPS) is 21.2. The zero-order valence-corrected chi connectivity index (χ0v) is 12.6. The van der Waals surface area contributed by atoms with Crippen LogP contribution in [0.3, 0.4) is 0 Å². The van der Waals surface area contributed by atoms with Crippen LogP contribution in [0.1, 0.15) is 40.0 Å². The van der Waals surface area contributed by atoms with E-state index in [1.165, 1.54) is 13.3 Å². The van der Waals surface area contributed by atoms with Crippen LogP contribution in [0, 0.1) is 5.92 Å². The Hall–Kier alpha value is -1.14. The van der Waals surface area contributed by atoms with E-state index in [4.69, 9.17) is 5.11 Å². The van der Waals surface area contributed by atoms with Gasteiger partial charge in [-0.3, -0.25) is 9.69 Å². The molecular formula is C14H26N2O4. The van der Waals surface area contributed by atoms with Crippen molar-refractivity contribution in [1.29, 1.82) is 0 Å². The predicted molar refractivity (Wildman–Crippen MR) is 75.3 cm³/mol. The number of carbonyl (C=O) groups is 2. The summed E-state index contributed by atoms with van der Waals surface area (Å²) in [5.41, 5.74) is -1.93. The van der Waals surface area contributed by atoms with E-state index in [0.29, 0.717) is 0 Å². The smallest absolute Gasteiger partial charge is 0.337 e. The number of carboxylic acids is 1. The summed E-state index contributed by atoms with van der Waals surface area (Å²) in [7, 11) is 0. The Morgan fingerprint density at radius 3 is 2.25 bits per heavy atom. The Labute approximate surface area is 120 Å². The van der Waals surface area contributed by atoms with Gasteiger partial charge < -0.3 is 15.5 Å². The van der Waals surface area contributed by atoms with Gasteiger partial charge in [0.1, 0.15) is 0 Å². The van der Waals surface area contributed by atoms with Gasteiger partial charge in [-0.1, -0.05) is 20.3 Å². The highest BCUT2D eigenvalue weighted by atomic mass is 16.4. The summed E-state index contributed by atoms with van der Waals surface area (Å²) in [5.74, 6) is -1.40. The van der Waals surface area contributed by atoms with E-state index in [0.717, 1.165) is 25.9 Å². The minimum Gasteiger partial charge on any atom is -0.479 e. The molecule has 1 heterocycles. The van der Waals surface area contributed by atoms with Crippen LogP contribution in [-0.2, 0) is 9.59 Å². The van der Waals surface area contributed by atoms with Crippen molar-refractivity contribution in [2.75, 3.05) is 19.6 Å². The summed E-state index contributed by atoms with van der Waals surface area (Å²) in [6, 6.07) is -0.264. The first kappa shape index (κ1) is 16.9. The van der Waals surface area contributed by atoms with Crippen LogP contribution < -0.4 is 5.32 Å². The van der Waals surface area contributed by atoms with Crippen LogP contribution in [-0.4, -0.2) is 58.3 Å². The lowest BCUT2D eigenvalue weighted by Gasteiger charge is -2.36. The Morgan fingerprint density at radius 2 is 1.80 bits per heavy atom. The molecule has 1 fully saturated rings. The molecule has 1 aliphatic rings. The molecule has 1 saturated heterocycles. The zero-order valence-electron chi connectivity index (χ0n) is 12.6. The summed E-state index contributed by atoms with van der Waals surface area (Å²) < 4.78 is 0. The standard InChI is InChI=1S/C14H26N2O4/c1-10(2)11(16-7-5-4-6-8-16)12(17)15-9-14(3,20)13(18)19/h10-11,20H,4-9H2,1-3H3,(H,15,17)(H,18,19). The molecule has 1 amide bonds. The van der Waals surface area contributed by atoms with Crippen LogP contribution in [0.5, 0.6) is 0 Å². The zero-order chi connectivity index (χ0) is 15.3. The van der Waals surface area contributed by atoms with Crippen molar-refractivity contribution in [2.24, 2.45) is 5.92 Å². The number of rotatable bonds is 6. The van der Waals surface area contributed by atoms with Crippen LogP contribution >= 0.6 is 0 Å². The van der Waals surface area contributed by atoms with Crippen molar-refractivity contribution in [3.05, 3.63) is 0 Å². The summed E-state index contributed by atoms with van der Waals surface area (Å²) in [6.07, 6.45) is 3.36. The lowest BCUT2D eigenvalue weighted by Crippen LogP contribution is -2.55. The monoisotopic (exact) mass is 286 g/mol. The van der Waals surface area contributed by atoms with Crippen LogP contribution in [0.15, 0.2) is 0 Å². The molecule has 0 spiro atoms. The van der Waals surface area contributed by atoms with Crippen molar-refractivity contribution in [3.8, 4) is 0 Å². The van der Waals surface area contributed by atoms with E-state index in [1.54, 1.807) is 0 Å². The molecule has 0 saturated carbocycles. The molecule has 20 heavy (non-hydrogen) atoms. The van der Waals surface area contributed by atoms with Gasteiger partial charge in [-0.2, -0.15) is 0 Å². The summed E-state index contributed by atoms with van der Waals surface area (Å²) in [6.45, 7) is 6.65. The molecule has 0 radical (unpaired) electrons. The van der Waals surface area contributed by atoms with Crippen LogP contribution in [0.25, 0.3) is 0 Å². The van der Waals surface area contributed by atoms with Crippen LogP contribution in [0.4, 0.5) is 0 Å². The average Bonchev–Trinajstić information content (AvgIpc) is 2.37. The Balaban J connectivity index is 2.63. The predicted octanol–water partition coefficient (Wildman–Crippen LogP) is 0.449.